The van der Waals surface area contributed by atoms with Crippen molar-refractivity contribution in [3.05, 3.63) is 53.6 Å². The van der Waals surface area contributed by atoms with Gasteiger partial charge in [-0.05, 0) is 67.8 Å². The summed E-state index contributed by atoms with van der Waals surface area (Å²) >= 11 is 5.87. The van der Waals surface area contributed by atoms with Crippen LogP contribution in [0.4, 0.5) is 11.4 Å². The number of ether oxygens (including phenoxy) is 1. The Labute approximate surface area is 153 Å². The normalized spacial score (nSPS) is 15.0. The Morgan fingerprint density at radius 1 is 1.12 bits per heavy atom. The maximum atomic E-state index is 12.5. The highest BCUT2D eigenvalue weighted by molar-refractivity contribution is 6.30. The first-order valence-corrected chi connectivity index (χ1v) is 9.11. The molecule has 1 aliphatic rings. The summed E-state index contributed by atoms with van der Waals surface area (Å²) in [6, 6.07) is 15.0. The summed E-state index contributed by atoms with van der Waals surface area (Å²) in [5.41, 5.74) is 1.99. The molecule has 1 heterocycles. The second-order valence-corrected chi connectivity index (χ2v) is 6.64. The number of hydrogen-bond donors (Lipinski definition) is 1. The van der Waals surface area contributed by atoms with Crippen molar-refractivity contribution in [2.45, 2.75) is 32.3 Å². The van der Waals surface area contributed by atoms with Gasteiger partial charge in [0.15, 0.2) is 6.10 Å². The molecule has 25 heavy (non-hydrogen) atoms. The summed E-state index contributed by atoms with van der Waals surface area (Å²) in [7, 11) is 0. The minimum atomic E-state index is -0.542. The number of rotatable bonds is 6. The molecule has 1 saturated heterocycles. The van der Waals surface area contributed by atoms with Gasteiger partial charge in [0.05, 0.1) is 0 Å². The molecular weight excluding hydrogens is 336 g/mol. The van der Waals surface area contributed by atoms with Crippen molar-refractivity contribution in [2.24, 2.45) is 0 Å². The molecular formula is C20H23ClN2O2. The van der Waals surface area contributed by atoms with Crippen LogP contribution in [0.1, 0.15) is 26.2 Å². The lowest BCUT2D eigenvalue weighted by Crippen LogP contribution is -2.32. The largest absolute Gasteiger partial charge is 0.481 e. The number of amides is 1. The van der Waals surface area contributed by atoms with Crippen molar-refractivity contribution in [1.29, 1.82) is 0 Å². The quantitative estimate of drug-likeness (QED) is 0.811. The Kier molecular flexibility index (Phi) is 5.82. The van der Waals surface area contributed by atoms with Crippen LogP contribution in [0.2, 0.25) is 5.02 Å². The number of nitrogens with one attached hydrogen (secondary N) is 1. The third kappa shape index (κ3) is 4.67. The molecule has 3 rings (SSSR count). The van der Waals surface area contributed by atoms with Crippen LogP contribution in [0, 0.1) is 0 Å². The molecule has 0 aliphatic carbocycles. The van der Waals surface area contributed by atoms with Crippen LogP contribution in [0.15, 0.2) is 48.5 Å². The van der Waals surface area contributed by atoms with Crippen molar-refractivity contribution in [1.82, 2.24) is 0 Å². The average Bonchev–Trinajstić information content (AvgIpc) is 3.16. The highest BCUT2D eigenvalue weighted by atomic mass is 35.5. The number of carbonyl (C=O) groups excluding carboxylic acids is 1. The van der Waals surface area contributed by atoms with E-state index in [-0.39, 0.29) is 5.91 Å². The Morgan fingerprint density at radius 3 is 2.36 bits per heavy atom. The van der Waals surface area contributed by atoms with Gasteiger partial charge in [-0.2, -0.15) is 0 Å². The van der Waals surface area contributed by atoms with Gasteiger partial charge < -0.3 is 15.0 Å². The summed E-state index contributed by atoms with van der Waals surface area (Å²) in [5, 5.41) is 3.58. The van der Waals surface area contributed by atoms with Gasteiger partial charge in [-0.25, -0.2) is 0 Å². The van der Waals surface area contributed by atoms with Crippen LogP contribution >= 0.6 is 11.6 Å². The van der Waals surface area contributed by atoms with E-state index in [1.54, 1.807) is 24.3 Å². The van der Waals surface area contributed by atoms with Gasteiger partial charge in [0, 0.05) is 29.5 Å². The molecule has 0 unspecified atom stereocenters. The van der Waals surface area contributed by atoms with Gasteiger partial charge in [-0.3, -0.25) is 4.79 Å². The fraction of sp³-hybridized carbons (Fsp3) is 0.350. The van der Waals surface area contributed by atoms with Gasteiger partial charge in [0.2, 0.25) is 0 Å². The van der Waals surface area contributed by atoms with E-state index in [0.29, 0.717) is 17.2 Å². The third-order valence-electron chi connectivity index (χ3n) is 4.36. The van der Waals surface area contributed by atoms with Gasteiger partial charge >= 0.3 is 0 Å². The molecule has 4 nitrogen and oxygen atoms in total. The summed E-state index contributed by atoms with van der Waals surface area (Å²) in [5.74, 6) is 0.488. The molecule has 1 N–H and O–H groups in total. The molecule has 2 aromatic rings. The van der Waals surface area contributed by atoms with Crippen LogP contribution in [0.25, 0.3) is 0 Å². The van der Waals surface area contributed by atoms with Crippen LogP contribution in [-0.4, -0.2) is 25.1 Å². The maximum Gasteiger partial charge on any atom is 0.265 e. The predicted molar refractivity (Wildman–Crippen MR) is 103 cm³/mol. The van der Waals surface area contributed by atoms with Gasteiger partial charge in [-0.1, -0.05) is 18.5 Å². The van der Waals surface area contributed by atoms with Crippen LogP contribution in [0.3, 0.4) is 0 Å². The first-order valence-electron chi connectivity index (χ1n) is 8.74. The van der Waals surface area contributed by atoms with E-state index in [2.05, 4.69) is 22.3 Å². The molecule has 1 amide bonds. The second-order valence-electron chi connectivity index (χ2n) is 6.20. The van der Waals surface area contributed by atoms with Crippen molar-refractivity contribution < 1.29 is 9.53 Å². The summed E-state index contributed by atoms with van der Waals surface area (Å²) in [6.07, 6.45) is 2.54. The minimum Gasteiger partial charge on any atom is -0.481 e. The van der Waals surface area contributed by atoms with Crippen molar-refractivity contribution in [2.75, 3.05) is 23.3 Å². The summed E-state index contributed by atoms with van der Waals surface area (Å²) in [6.45, 7) is 4.15. The number of nitrogens with zero attached hydrogens (tertiary/aromatic N) is 1. The molecule has 0 radical (unpaired) electrons. The molecule has 0 bridgehead atoms. The standard InChI is InChI=1S/C20H23ClN2O2/c1-2-19(25-18-11-5-15(21)6-12-18)20(24)22-16-7-9-17(10-8-16)23-13-3-4-14-23/h5-12,19H,2-4,13-14H2,1H3,(H,22,24)/t19-/m1/s1. The number of anilines is 2. The fourth-order valence-corrected chi connectivity index (χ4v) is 3.08. The first-order chi connectivity index (χ1) is 12.2. The lowest BCUT2D eigenvalue weighted by atomic mass is 10.2. The number of benzene rings is 2. The lowest BCUT2D eigenvalue weighted by molar-refractivity contribution is -0.122. The molecule has 0 aromatic heterocycles. The Bertz CT molecular complexity index is 695. The maximum absolute atomic E-state index is 12.5. The van der Waals surface area contributed by atoms with E-state index >= 15 is 0 Å². The Morgan fingerprint density at radius 2 is 1.76 bits per heavy atom. The van der Waals surface area contributed by atoms with Crippen LogP contribution in [-0.2, 0) is 4.79 Å². The SMILES string of the molecule is CC[C@@H](Oc1ccc(Cl)cc1)C(=O)Nc1ccc(N2CCCC2)cc1. The van der Waals surface area contributed by atoms with E-state index in [1.807, 2.05) is 19.1 Å². The van der Waals surface area contributed by atoms with E-state index in [4.69, 9.17) is 16.3 Å². The van der Waals surface area contributed by atoms with E-state index in [0.717, 1.165) is 18.8 Å². The second kappa shape index (κ2) is 8.26. The zero-order valence-electron chi connectivity index (χ0n) is 14.4. The van der Waals surface area contributed by atoms with E-state index in [9.17, 15) is 4.79 Å². The minimum absolute atomic E-state index is 0.147. The molecule has 1 atom stereocenters. The highest BCUT2D eigenvalue weighted by Crippen LogP contribution is 2.23. The highest BCUT2D eigenvalue weighted by Gasteiger charge is 2.19. The van der Waals surface area contributed by atoms with Crippen molar-refractivity contribution in [3.8, 4) is 5.75 Å². The summed E-state index contributed by atoms with van der Waals surface area (Å²) < 4.78 is 5.78. The smallest absolute Gasteiger partial charge is 0.265 e. The number of halogens is 1. The van der Waals surface area contributed by atoms with Crippen LogP contribution < -0.4 is 15.0 Å². The molecule has 1 fully saturated rings. The van der Waals surface area contributed by atoms with Crippen molar-refractivity contribution >= 4 is 28.9 Å². The predicted octanol–water partition coefficient (Wildman–Crippen LogP) is 4.74. The van der Waals surface area contributed by atoms with E-state index < -0.39 is 6.10 Å². The topological polar surface area (TPSA) is 41.6 Å². The molecule has 132 valence electrons. The van der Waals surface area contributed by atoms with Crippen LogP contribution in [0.5, 0.6) is 5.75 Å². The summed E-state index contributed by atoms with van der Waals surface area (Å²) in [4.78, 5) is 14.8. The van der Waals surface area contributed by atoms with Crippen molar-refractivity contribution in [3.63, 3.8) is 0 Å². The molecule has 0 spiro atoms. The molecule has 1 aliphatic heterocycles. The number of carbonyl (C=O) groups is 1. The van der Waals surface area contributed by atoms with Gasteiger partial charge in [0.25, 0.3) is 5.91 Å². The molecule has 2 aromatic carbocycles. The molecule has 0 saturated carbocycles. The first kappa shape index (κ1) is 17.6. The molecule has 5 heteroatoms. The fourth-order valence-electron chi connectivity index (χ4n) is 2.95. The Balaban J connectivity index is 1.60. The van der Waals surface area contributed by atoms with E-state index in [1.165, 1.54) is 18.5 Å². The zero-order valence-corrected chi connectivity index (χ0v) is 15.1. The average molecular weight is 359 g/mol. The Hall–Kier alpha value is -2.20. The lowest BCUT2D eigenvalue weighted by Gasteiger charge is -2.19. The number of hydrogen-bond acceptors (Lipinski definition) is 3. The van der Waals surface area contributed by atoms with Gasteiger partial charge in [0.1, 0.15) is 5.75 Å². The third-order valence-corrected chi connectivity index (χ3v) is 4.61. The van der Waals surface area contributed by atoms with Gasteiger partial charge in [-0.15, -0.1) is 0 Å². The zero-order chi connectivity index (χ0) is 17.6. The monoisotopic (exact) mass is 358 g/mol.